The first-order valence-electron chi connectivity index (χ1n) is 11.4. The summed E-state index contributed by atoms with van der Waals surface area (Å²) in [5, 5.41) is 2.30. The molecule has 2 heterocycles. The van der Waals surface area contributed by atoms with Gasteiger partial charge in [0.15, 0.2) is 0 Å². The van der Waals surface area contributed by atoms with Gasteiger partial charge in [0.25, 0.3) is 11.8 Å². The van der Waals surface area contributed by atoms with Crippen molar-refractivity contribution in [2.24, 2.45) is 0 Å². The number of aromatic nitrogens is 1. The molecular formula is C28H29N3O3. The van der Waals surface area contributed by atoms with E-state index in [-0.39, 0.29) is 5.57 Å². The second-order valence-corrected chi connectivity index (χ2v) is 9.13. The van der Waals surface area contributed by atoms with Crippen molar-refractivity contribution in [3.63, 3.8) is 0 Å². The number of hydrogen-bond donors (Lipinski definition) is 1. The van der Waals surface area contributed by atoms with Crippen LogP contribution in [0.2, 0.25) is 0 Å². The fourth-order valence-electron chi connectivity index (χ4n) is 4.25. The number of barbiturate groups is 1. The molecule has 1 fully saturated rings. The Kier molecular flexibility index (Phi) is 6.00. The number of carbonyl (C=O) groups excluding carboxylic acids is 3. The van der Waals surface area contributed by atoms with Gasteiger partial charge in [-0.25, -0.2) is 9.69 Å². The zero-order valence-corrected chi connectivity index (χ0v) is 20.4. The van der Waals surface area contributed by atoms with E-state index in [1.54, 1.807) is 18.2 Å². The Morgan fingerprint density at radius 1 is 0.824 bits per heavy atom. The number of rotatable bonds is 4. The maximum atomic E-state index is 13.3. The lowest BCUT2D eigenvalue weighted by atomic mass is 10.0. The van der Waals surface area contributed by atoms with Crippen molar-refractivity contribution in [3.05, 3.63) is 87.7 Å². The Labute approximate surface area is 199 Å². The van der Waals surface area contributed by atoms with E-state index in [4.69, 9.17) is 0 Å². The number of imide groups is 2. The third-order valence-corrected chi connectivity index (χ3v) is 6.44. The molecule has 6 nitrogen and oxygen atoms in total. The molecule has 4 rings (SSSR count). The van der Waals surface area contributed by atoms with E-state index in [0.717, 1.165) is 38.7 Å². The van der Waals surface area contributed by atoms with Crippen LogP contribution in [0.15, 0.2) is 54.1 Å². The van der Waals surface area contributed by atoms with Gasteiger partial charge in [0.1, 0.15) is 5.57 Å². The summed E-state index contributed by atoms with van der Waals surface area (Å²) in [5.41, 5.74) is 7.25. The maximum absolute atomic E-state index is 13.3. The van der Waals surface area contributed by atoms with Gasteiger partial charge in [-0.3, -0.25) is 14.9 Å². The molecule has 2 aromatic carbocycles. The van der Waals surface area contributed by atoms with Crippen molar-refractivity contribution < 1.29 is 14.4 Å². The SMILES string of the molecule is Cc1ccc(N2C(=O)NC(=O)/C(=C\c3cc(C)n(-c4ccc(C(C)C)cc4)c3C)C2=O)cc1C. The quantitative estimate of drug-likeness (QED) is 0.417. The van der Waals surface area contributed by atoms with Gasteiger partial charge in [-0.2, -0.15) is 0 Å². The lowest BCUT2D eigenvalue weighted by Gasteiger charge is -2.26. The standard InChI is InChI=1S/C28H29N3O3/c1-16(2)21-8-11-23(12-9-21)30-19(5)14-22(20(30)6)15-25-26(32)29-28(34)31(27(25)33)24-10-7-17(3)18(4)13-24/h7-16H,1-6H3,(H,29,32,34)/b25-15+. The van der Waals surface area contributed by atoms with Crippen LogP contribution in [0, 0.1) is 27.7 Å². The van der Waals surface area contributed by atoms with Gasteiger partial charge >= 0.3 is 6.03 Å². The Morgan fingerprint density at radius 2 is 1.47 bits per heavy atom. The van der Waals surface area contributed by atoms with Crippen molar-refractivity contribution in [1.82, 2.24) is 9.88 Å². The first-order valence-corrected chi connectivity index (χ1v) is 11.4. The van der Waals surface area contributed by atoms with Gasteiger partial charge in [-0.15, -0.1) is 0 Å². The second-order valence-electron chi connectivity index (χ2n) is 9.13. The Balaban J connectivity index is 1.73. The van der Waals surface area contributed by atoms with Gasteiger partial charge in [0, 0.05) is 17.1 Å². The lowest BCUT2D eigenvalue weighted by Crippen LogP contribution is -2.54. The highest BCUT2D eigenvalue weighted by Gasteiger charge is 2.37. The number of aryl methyl sites for hydroxylation is 3. The van der Waals surface area contributed by atoms with Crippen molar-refractivity contribution in [2.45, 2.75) is 47.5 Å². The van der Waals surface area contributed by atoms with Crippen LogP contribution in [0.25, 0.3) is 11.8 Å². The minimum absolute atomic E-state index is 0.0757. The molecule has 4 amide bonds. The molecule has 174 valence electrons. The summed E-state index contributed by atoms with van der Waals surface area (Å²) in [4.78, 5) is 39.5. The highest BCUT2D eigenvalue weighted by Crippen LogP contribution is 2.27. The Bertz CT molecular complexity index is 1340. The molecule has 34 heavy (non-hydrogen) atoms. The molecule has 1 saturated heterocycles. The third-order valence-electron chi connectivity index (χ3n) is 6.44. The molecule has 0 aliphatic carbocycles. The van der Waals surface area contributed by atoms with E-state index in [1.807, 2.05) is 39.8 Å². The number of hydrogen-bond acceptors (Lipinski definition) is 3. The number of amides is 4. The van der Waals surface area contributed by atoms with Crippen LogP contribution < -0.4 is 10.2 Å². The summed E-state index contributed by atoms with van der Waals surface area (Å²) in [6.07, 6.45) is 1.57. The van der Waals surface area contributed by atoms with Crippen LogP contribution in [-0.2, 0) is 9.59 Å². The summed E-state index contributed by atoms with van der Waals surface area (Å²) in [5.74, 6) is -0.885. The van der Waals surface area contributed by atoms with E-state index in [0.29, 0.717) is 11.6 Å². The fourth-order valence-corrected chi connectivity index (χ4v) is 4.25. The third kappa shape index (κ3) is 4.07. The number of anilines is 1. The largest absolute Gasteiger partial charge is 0.335 e. The average molecular weight is 456 g/mol. The monoisotopic (exact) mass is 455 g/mol. The molecular weight excluding hydrogens is 426 g/mol. The normalized spacial score (nSPS) is 15.4. The molecule has 1 aliphatic rings. The predicted octanol–water partition coefficient (Wildman–Crippen LogP) is 5.50. The number of nitrogens with one attached hydrogen (secondary N) is 1. The summed E-state index contributed by atoms with van der Waals surface area (Å²) in [6, 6.07) is 14.9. The zero-order valence-electron chi connectivity index (χ0n) is 20.4. The summed E-state index contributed by atoms with van der Waals surface area (Å²) in [6.45, 7) is 12.1. The highest BCUT2D eigenvalue weighted by atomic mass is 16.2. The molecule has 0 spiro atoms. The number of nitrogens with zero attached hydrogens (tertiary/aromatic N) is 2. The predicted molar refractivity (Wildman–Crippen MR) is 134 cm³/mol. The minimum atomic E-state index is -0.744. The van der Waals surface area contributed by atoms with E-state index < -0.39 is 17.8 Å². The molecule has 0 unspecified atom stereocenters. The van der Waals surface area contributed by atoms with Gasteiger partial charge in [0.2, 0.25) is 0 Å². The first kappa shape index (κ1) is 23.2. The second kappa shape index (κ2) is 8.78. The molecule has 0 radical (unpaired) electrons. The number of benzene rings is 2. The zero-order chi connectivity index (χ0) is 24.7. The van der Waals surface area contributed by atoms with Gasteiger partial charge < -0.3 is 4.57 Å². The number of carbonyl (C=O) groups is 3. The van der Waals surface area contributed by atoms with Crippen LogP contribution >= 0.6 is 0 Å². The molecule has 1 aliphatic heterocycles. The van der Waals surface area contributed by atoms with E-state index >= 15 is 0 Å². The topological polar surface area (TPSA) is 71.4 Å². The van der Waals surface area contributed by atoms with E-state index in [9.17, 15) is 14.4 Å². The van der Waals surface area contributed by atoms with Crippen LogP contribution in [0.3, 0.4) is 0 Å². The molecule has 3 aromatic rings. The first-order chi connectivity index (χ1) is 16.1. The minimum Gasteiger partial charge on any atom is -0.318 e. The average Bonchev–Trinajstić information content (AvgIpc) is 3.06. The van der Waals surface area contributed by atoms with Crippen molar-refractivity contribution >= 4 is 29.6 Å². The van der Waals surface area contributed by atoms with Crippen LogP contribution in [0.4, 0.5) is 10.5 Å². The van der Waals surface area contributed by atoms with Gasteiger partial charge in [-0.1, -0.05) is 32.0 Å². The molecule has 0 atom stereocenters. The van der Waals surface area contributed by atoms with Gasteiger partial charge in [0.05, 0.1) is 5.69 Å². The van der Waals surface area contributed by atoms with Gasteiger partial charge in [-0.05, 0) is 92.3 Å². The molecule has 6 heteroatoms. The van der Waals surface area contributed by atoms with Crippen molar-refractivity contribution in [3.8, 4) is 5.69 Å². The Morgan fingerprint density at radius 3 is 2.09 bits per heavy atom. The van der Waals surface area contributed by atoms with Crippen LogP contribution in [0.5, 0.6) is 0 Å². The molecule has 0 bridgehead atoms. The van der Waals surface area contributed by atoms with Crippen LogP contribution in [0.1, 0.15) is 53.4 Å². The smallest absolute Gasteiger partial charge is 0.318 e. The molecule has 1 aromatic heterocycles. The Hall–Kier alpha value is -3.93. The highest BCUT2D eigenvalue weighted by molar-refractivity contribution is 6.39. The lowest BCUT2D eigenvalue weighted by molar-refractivity contribution is -0.122. The van der Waals surface area contributed by atoms with Crippen molar-refractivity contribution in [2.75, 3.05) is 4.90 Å². The molecule has 0 saturated carbocycles. The summed E-state index contributed by atoms with van der Waals surface area (Å²) < 4.78 is 2.09. The van der Waals surface area contributed by atoms with Crippen molar-refractivity contribution in [1.29, 1.82) is 0 Å². The molecule has 1 N–H and O–H groups in total. The summed E-state index contributed by atoms with van der Waals surface area (Å²) >= 11 is 0. The van der Waals surface area contributed by atoms with Crippen LogP contribution in [-0.4, -0.2) is 22.4 Å². The maximum Gasteiger partial charge on any atom is 0.335 e. The fraction of sp³-hybridized carbons (Fsp3) is 0.250. The number of urea groups is 1. The van der Waals surface area contributed by atoms with E-state index in [1.165, 1.54) is 5.56 Å². The van der Waals surface area contributed by atoms with E-state index in [2.05, 4.69) is 48.0 Å². The summed E-state index contributed by atoms with van der Waals surface area (Å²) in [7, 11) is 0.